The molecule has 0 fully saturated rings. The predicted octanol–water partition coefficient (Wildman–Crippen LogP) is 3.44. The SMILES string of the molecule is CCO[C@H](CCO)[C@H](OC(=O)Nc1ccc(C)cc1)c1cccc(OCCO)c1. The molecule has 7 nitrogen and oxygen atoms in total. The van der Waals surface area contributed by atoms with Crippen molar-refractivity contribution in [1.82, 2.24) is 0 Å². The lowest BCUT2D eigenvalue weighted by atomic mass is 10.0. The largest absolute Gasteiger partial charge is 0.491 e. The molecule has 2 rings (SSSR count). The van der Waals surface area contributed by atoms with Crippen molar-refractivity contribution >= 4 is 11.8 Å². The first-order valence-corrected chi connectivity index (χ1v) is 9.67. The zero-order chi connectivity index (χ0) is 21.1. The Balaban J connectivity index is 2.21. The molecule has 2 aromatic rings. The Bertz CT molecular complexity index is 743. The number of amides is 1. The number of carbonyl (C=O) groups excluding carboxylic acids is 1. The number of hydrogen-bond acceptors (Lipinski definition) is 6. The zero-order valence-electron chi connectivity index (χ0n) is 16.8. The molecule has 0 radical (unpaired) electrons. The Morgan fingerprint density at radius 1 is 1.10 bits per heavy atom. The molecule has 3 N–H and O–H groups in total. The summed E-state index contributed by atoms with van der Waals surface area (Å²) in [6.07, 6.45) is -1.59. The standard InChI is InChI=1S/C22H29NO6/c1-3-27-20(11-12-24)21(17-5-4-6-19(15-17)28-14-13-25)29-22(26)23-18-9-7-16(2)8-10-18/h4-10,15,20-21,24-25H,3,11-14H2,1-2H3,(H,23,26)/t20-,21-/m1/s1. The highest BCUT2D eigenvalue weighted by atomic mass is 16.6. The van der Waals surface area contributed by atoms with Gasteiger partial charge in [0.05, 0.1) is 6.61 Å². The number of rotatable bonds is 11. The molecule has 0 unspecified atom stereocenters. The summed E-state index contributed by atoms with van der Waals surface area (Å²) in [5.74, 6) is 0.545. The Morgan fingerprint density at radius 2 is 1.86 bits per heavy atom. The molecule has 2 aromatic carbocycles. The van der Waals surface area contributed by atoms with Gasteiger partial charge >= 0.3 is 6.09 Å². The monoisotopic (exact) mass is 403 g/mol. The van der Waals surface area contributed by atoms with E-state index in [2.05, 4.69) is 5.32 Å². The minimum atomic E-state index is -0.745. The summed E-state index contributed by atoms with van der Waals surface area (Å²) in [7, 11) is 0. The molecular weight excluding hydrogens is 374 g/mol. The molecule has 0 aromatic heterocycles. The van der Waals surface area contributed by atoms with E-state index in [9.17, 15) is 9.90 Å². The zero-order valence-corrected chi connectivity index (χ0v) is 16.8. The second kappa shape index (κ2) is 12.1. The van der Waals surface area contributed by atoms with Crippen LogP contribution in [0.15, 0.2) is 48.5 Å². The fourth-order valence-corrected chi connectivity index (χ4v) is 2.87. The van der Waals surface area contributed by atoms with Gasteiger partial charge in [0.15, 0.2) is 6.10 Å². The van der Waals surface area contributed by atoms with Gasteiger partial charge in [-0.05, 0) is 43.7 Å². The third-order valence-electron chi connectivity index (χ3n) is 4.21. The molecule has 2 atom stereocenters. The van der Waals surface area contributed by atoms with Crippen LogP contribution in [0, 0.1) is 6.92 Å². The summed E-state index contributed by atoms with van der Waals surface area (Å²) < 4.78 is 16.9. The van der Waals surface area contributed by atoms with E-state index in [0.29, 0.717) is 30.0 Å². The summed E-state index contributed by atoms with van der Waals surface area (Å²) in [6, 6.07) is 14.4. The second-order valence-electron chi connectivity index (χ2n) is 6.47. The number of nitrogens with one attached hydrogen (secondary N) is 1. The lowest BCUT2D eigenvalue weighted by Gasteiger charge is -2.27. The normalized spacial score (nSPS) is 12.8. The van der Waals surface area contributed by atoms with Crippen molar-refractivity contribution in [2.24, 2.45) is 0 Å². The van der Waals surface area contributed by atoms with Crippen molar-refractivity contribution in [2.75, 3.05) is 31.7 Å². The van der Waals surface area contributed by atoms with Crippen LogP contribution in [0.4, 0.5) is 10.5 Å². The second-order valence-corrected chi connectivity index (χ2v) is 6.47. The summed E-state index contributed by atoms with van der Waals surface area (Å²) >= 11 is 0. The summed E-state index contributed by atoms with van der Waals surface area (Å²) in [5.41, 5.74) is 2.38. The Kier molecular flexibility index (Phi) is 9.43. The van der Waals surface area contributed by atoms with Crippen molar-refractivity contribution in [2.45, 2.75) is 32.5 Å². The molecule has 158 valence electrons. The molecule has 29 heavy (non-hydrogen) atoms. The molecule has 0 aliphatic heterocycles. The molecular formula is C22H29NO6. The summed E-state index contributed by atoms with van der Waals surface area (Å²) in [5, 5.41) is 21.1. The summed E-state index contributed by atoms with van der Waals surface area (Å²) in [4.78, 5) is 12.5. The first-order chi connectivity index (χ1) is 14.1. The third kappa shape index (κ3) is 7.38. The number of anilines is 1. The molecule has 0 aliphatic rings. The molecule has 0 spiro atoms. The van der Waals surface area contributed by atoms with Gasteiger partial charge in [-0.15, -0.1) is 0 Å². The molecule has 0 bridgehead atoms. The fraction of sp³-hybridized carbons (Fsp3) is 0.409. The average Bonchev–Trinajstić information content (AvgIpc) is 2.72. The van der Waals surface area contributed by atoms with Crippen molar-refractivity contribution in [3.8, 4) is 5.75 Å². The van der Waals surface area contributed by atoms with E-state index < -0.39 is 18.3 Å². The minimum absolute atomic E-state index is 0.102. The van der Waals surface area contributed by atoms with E-state index in [4.69, 9.17) is 19.3 Å². The van der Waals surface area contributed by atoms with E-state index in [1.165, 1.54) is 0 Å². The molecule has 0 saturated heterocycles. The van der Waals surface area contributed by atoms with Gasteiger partial charge in [-0.1, -0.05) is 29.8 Å². The molecule has 0 heterocycles. The summed E-state index contributed by atoms with van der Waals surface area (Å²) in [6.45, 7) is 4.17. The Morgan fingerprint density at radius 3 is 2.52 bits per heavy atom. The van der Waals surface area contributed by atoms with E-state index in [-0.39, 0.29) is 19.8 Å². The number of ether oxygens (including phenoxy) is 3. The molecule has 0 aliphatic carbocycles. The minimum Gasteiger partial charge on any atom is -0.491 e. The highest BCUT2D eigenvalue weighted by molar-refractivity contribution is 5.84. The van der Waals surface area contributed by atoms with E-state index in [1.54, 1.807) is 36.4 Å². The van der Waals surface area contributed by atoms with Crippen LogP contribution < -0.4 is 10.1 Å². The first kappa shape index (κ1) is 22.7. The number of aliphatic hydroxyl groups excluding tert-OH is 2. The van der Waals surface area contributed by atoms with Gasteiger partial charge < -0.3 is 24.4 Å². The van der Waals surface area contributed by atoms with Crippen LogP contribution in [0.3, 0.4) is 0 Å². The number of carbonyl (C=O) groups is 1. The lowest BCUT2D eigenvalue weighted by molar-refractivity contribution is -0.0484. The van der Waals surface area contributed by atoms with Crippen LogP contribution in [-0.4, -0.2) is 48.8 Å². The van der Waals surface area contributed by atoms with Gasteiger partial charge in [-0.25, -0.2) is 4.79 Å². The Hall–Kier alpha value is -2.61. The maximum absolute atomic E-state index is 12.5. The quantitative estimate of drug-likeness (QED) is 0.532. The highest BCUT2D eigenvalue weighted by Crippen LogP contribution is 2.29. The molecule has 0 saturated carbocycles. The van der Waals surface area contributed by atoms with Crippen LogP contribution in [0.2, 0.25) is 0 Å². The van der Waals surface area contributed by atoms with Crippen LogP contribution in [0.5, 0.6) is 5.75 Å². The van der Waals surface area contributed by atoms with E-state index in [0.717, 1.165) is 5.56 Å². The third-order valence-corrected chi connectivity index (χ3v) is 4.21. The van der Waals surface area contributed by atoms with Crippen molar-refractivity contribution < 1.29 is 29.2 Å². The van der Waals surface area contributed by atoms with Gasteiger partial charge in [0.2, 0.25) is 0 Å². The number of benzene rings is 2. The van der Waals surface area contributed by atoms with Crippen LogP contribution in [0.1, 0.15) is 30.6 Å². The first-order valence-electron chi connectivity index (χ1n) is 9.67. The van der Waals surface area contributed by atoms with Gasteiger partial charge in [0.25, 0.3) is 0 Å². The van der Waals surface area contributed by atoms with Crippen LogP contribution in [-0.2, 0) is 9.47 Å². The number of hydrogen-bond donors (Lipinski definition) is 3. The molecule has 7 heteroatoms. The van der Waals surface area contributed by atoms with Gasteiger partial charge in [0, 0.05) is 25.3 Å². The van der Waals surface area contributed by atoms with Gasteiger partial charge in [-0.3, -0.25) is 5.32 Å². The number of aliphatic hydroxyl groups is 2. The van der Waals surface area contributed by atoms with E-state index in [1.807, 2.05) is 26.0 Å². The lowest BCUT2D eigenvalue weighted by Crippen LogP contribution is -2.29. The van der Waals surface area contributed by atoms with Gasteiger partial charge in [0.1, 0.15) is 18.5 Å². The highest BCUT2D eigenvalue weighted by Gasteiger charge is 2.28. The topological polar surface area (TPSA) is 97.2 Å². The van der Waals surface area contributed by atoms with Gasteiger partial charge in [-0.2, -0.15) is 0 Å². The van der Waals surface area contributed by atoms with Crippen LogP contribution in [0.25, 0.3) is 0 Å². The van der Waals surface area contributed by atoms with Crippen LogP contribution >= 0.6 is 0 Å². The van der Waals surface area contributed by atoms with Crippen molar-refractivity contribution in [1.29, 1.82) is 0 Å². The molecule has 1 amide bonds. The van der Waals surface area contributed by atoms with E-state index >= 15 is 0 Å². The maximum atomic E-state index is 12.5. The maximum Gasteiger partial charge on any atom is 0.412 e. The Labute approximate surface area is 171 Å². The van der Waals surface area contributed by atoms with Crippen molar-refractivity contribution in [3.05, 3.63) is 59.7 Å². The average molecular weight is 403 g/mol. The number of aryl methyl sites for hydroxylation is 1. The fourth-order valence-electron chi connectivity index (χ4n) is 2.87. The van der Waals surface area contributed by atoms with Crippen molar-refractivity contribution in [3.63, 3.8) is 0 Å². The predicted molar refractivity (Wildman–Crippen MR) is 110 cm³/mol. The smallest absolute Gasteiger partial charge is 0.412 e.